The molecule has 0 radical (unpaired) electrons. The summed E-state index contributed by atoms with van der Waals surface area (Å²) in [5.74, 6) is 1.66. The number of nitrogens with zero attached hydrogens (tertiary/aromatic N) is 4. The summed E-state index contributed by atoms with van der Waals surface area (Å²) in [5.41, 5.74) is 13.7. The van der Waals surface area contributed by atoms with E-state index in [1.807, 2.05) is 66.7 Å². The van der Waals surface area contributed by atoms with Crippen molar-refractivity contribution < 1.29 is 8.83 Å². The highest BCUT2D eigenvalue weighted by Crippen LogP contribution is 2.43. The minimum atomic E-state index is 0.523. The highest BCUT2D eigenvalue weighted by Gasteiger charge is 2.23. The quantitative estimate of drug-likeness (QED) is 0.167. The molecule has 0 N–H and O–H groups in total. The Balaban J connectivity index is 1.07. The zero-order chi connectivity index (χ0) is 41.4. The van der Waals surface area contributed by atoms with E-state index in [0.29, 0.717) is 17.6 Å². The van der Waals surface area contributed by atoms with Gasteiger partial charge in [-0.15, -0.1) is 0 Å². The molecule has 6 nitrogen and oxygen atoms in total. The van der Waals surface area contributed by atoms with Crippen molar-refractivity contribution in [3.63, 3.8) is 0 Å². The Kier molecular flexibility index (Phi) is 7.80. The van der Waals surface area contributed by atoms with Crippen molar-refractivity contribution in [1.82, 2.24) is 19.5 Å². The zero-order valence-corrected chi connectivity index (χ0v) is 33.7. The van der Waals surface area contributed by atoms with Gasteiger partial charge in [-0.1, -0.05) is 146 Å². The van der Waals surface area contributed by atoms with Gasteiger partial charge in [0.05, 0.1) is 11.0 Å². The van der Waals surface area contributed by atoms with Gasteiger partial charge < -0.3 is 8.83 Å². The van der Waals surface area contributed by atoms with Gasteiger partial charge >= 0.3 is 0 Å². The highest BCUT2D eigenvalue weighted by molar-refractivity contribution is 6.15. The molecule has 0 amide bonds. The Bertz CT molecular complexity index is 3920. The van der Waals surface area contributed by atoms with Crippen LogP contribution >= 0.6 is 0 Å². The van der Waals surface area contributed by atoms with Crippen molar-refractivity contribution >= 4 is 65.7 Å². The first-order valence-electron chi connectivity index (χ1n) is 21.1. The number of rotatable bonds is 6. The molecule has 4 aromatic heterocycles. The van der Waals surface area contributed by atoms with Crippen molar-refractivity contribution in [1.29, 1.82) is 0 Å². The summed E-state index contributed by atoms with van der Waals surface area (Å²) in [4.78, 5) is 15.8. The van der Waals surface area contributed by atoms with Gasteiger partial charge in [0.25, 0.3) is 0 Å². The maximum Gasteiger partial charge on any atom is 0.238 e. The molecule has 0 aliphatic rings. The van der Waals surface area contributed by atoms with Crippen LogP contribution in [0.3, 0.4) is 0 Å². The van der Waals surface area contributed by atoms with E-state index < -0.39 is 0 Å². The molecule has 0 bridgehead atoms. The number of para-hydroxylation sites is 3. The van der Waals surface area contributed by atoms with Crippen molar-refractivity contribution in [2.45, 2.75) is 0 Å². The minimum absolute atomic E-state index is 0.523. The van der Waals surface area contributed by atoms with E-state index in [1.165, 1.54) is 0 Å². The third kappa shape index (κ3) is 5.76. The fourth-order valence-electron chi connectivity index (χ4n) is 9.27. The monoisotopic (exact) mass is 806 g/mol. The highest BCUT2D eigenvalue weighted by atomic mass is 16.3. The number of fused-ring (bicyclic) bond motifs is 9. The van der Waals surface area contributed by atoms with Gasteiger partial charge in [0.15, 0.2) is 11.6 Å². The van der Waals surface area contributed by atoms with Crippen LogP contribution in [0.5, 0.6) is 0 Å². The number of aromatic nitrogens is 4. The van der Waals surface area contributed by atoms with Crippen LogP contribution in [0.15, 0.2) is 215 Å². The maximum absolute atomic E-state index is 6.35. The molecule has 294 valence electrons. The first-order valence-corrected chi connectivity index (χ1v) is 21.1. The van der Waals surface area contributed by atoms with Crippen LogP contribution < -0.4 is 0 Å². The SMILES string of the molecule is c1ccc(-c2cc(-c3cccc(-c4ccc5c(c4)oc4ccccc45)c3)c3c(c2)c2ccccc2n3-c2nc(-c3ccccc3)nc(-c3ccc4c(c3)oc3ccccc34)n2)cc1. The lowest BCUT2D eigenvalue weighted by molar-refractivity contribution is 0.668. The van der Waals surface area contributed by atoms with Gasteiger partial charge in [-0.25, -0.2) is 4.98 Å². The molecule has 0 unspecified atom stereocenters. The fraction of sp³-hybridized carbons (Fsp3) is 0. The second-order valence-corrected chi connectivity index (χ2v) is 16.0. The zero-order valence-electron chi connectivity index (χ0n) is 33.7. The molecular weight excluding hydrogens is 773 g/mol. The first kappa shape index (κ1) is 35.2. The van der Waals surface area contributed by atoms with E-state index in [0.717, 1.165) is 110 Å². The van der Waals surface area contributed by atoms with E-state index in [1.54, 1.807) is 0 Å². The predicted octanol–water partition coefficient (Wildman–Crippen LogP) is 15.1. The lowest BCUT2D eigenvalue weighted by Crippen LogP contribution is -2.07. The van der Waals surface area contributed by atoms with Gasteiger partial charge in [-0.3, -0.25) is 4.57 Å². The Morgan fingerprint density at radius 3 is 1.54 bits per heavy atom. The van der Waals surface area contributed by atoms with Crippen LogP contribution in [-0.4, -0.2) is 19.5 Å². The fourth-order valence-corrected chi connectivity index (χ4v) is 9.27. The van der Waals surface area contributed by atoms with Crippen molar-refractivity contribution in [2.24, 2.45) is 0 Å². The number of hydrogen-bond acceptors (Lipinski definition) is 5. The summed E-state index contributed by atoms with van der Waals surface area (Å²) in [5, 5.41) is 6.55. The van der Waals surface area contributed by atoms with Gasteiger partial charge in [-0.2, -0.15) is 9.97 Å². The minimum Gasteiger partial charge on any atom is -0.456 e. The number of furan rings is 2. The normalized spacial score (nSPS) is 11.8. The Morgan fingerprint density at radius 1 is 0.302 bits per heavy atom. The summed E-state index contributed by atoms with van der Waals surface area (Å²) in [6, 6.07) is 71.8. The molecule has 0 aliphatic carbocycles. The van der Waals surface area contributed by atoms with Crippen molar-refractivity contribution in [2.75, 3.05) is 0 Å². The van der Waals surface area contributed by atoms with Crippen LogP contribution in [0.1, 0.15) is 0 Å². The summed E-state index contributed by atoms with van der Waals surface area (Å²) in [7, 11) is 0. The molecule has 63 heavy (non-hydrogen) atoms. The molecule has 0 saturated heterocycles. The van der Waals surface area contributed by atoms with E-state index in [2.05, 4.69) is 144 Å². The van der Waals surface area contributed by atoms with Crippen LogP contribution in [0.25, 0.3) is 128 Å². The molecule has 13 rings (SSSR count). The van der Waals surface area contributed by atoms with Gasteiger partial charge in [-0.05, 0) is 88.5 Å². The molecule has 4 heterocycles. The molecular formula is C57H34N4O2. The smallest absolute Gasteiger partial charge is 0.238 e. The molecule has 13 aromatic rings. The molecule has 9 aromatic carbocycles. The van der Waals surface area contributed by atoms with Crippen LogP contribution in [0, 0.1) is 0 Å². The van der Waals surface area contributed by atoms with E-state index in [-0.39, 0.29) is 0 Å². The van der Waals surface area contributed by atoms with Gasteiger partial charge in [0, 0.05) is 49.0 Å². The third-order valence-electron chi connectivity index (χ3n) is 12.3. The molecule has 0 aliphatic heterocycles. The number of benzene rings is 9. The lowest BCUT2D eigenvalue weighted by Gasteiger charge is -2.15. The average molecular weight is 807 g/mol. The molecule has 6 heteroatoms. The van der Waals surface area contributed by atoms with Gasteiger partial charge in [0.2, 0.25) is 5.95 Å². The van der Waals surface area contributed by atoms with Crippen molar-refractivity contribution in [3.8, 4) is 62.1 Å². The second-order valence-electron chi connectivity index (χ2n) is 16.0. The van der Waals surface area contributed by atoms with Gasteiger partial charge in [0.1, 0.15) is 22.3 Å². The molecule has 0 atom stereocenters. The van der Waals surface area contributed by atoms with E-state index in [9.17, 15) is 0 Å². The molecule has 0 saturated carbocycles. The topological polar surface area (TPSA) is 69.9 Å². The van der Waals surface area contributed by atoms with Crippen molar-refractivity contribution in [3.05, 3.63) is 206 Å². The summed E-state index contributed by atoms with van der Waals surface area (Å²) >= 11 is 0. The largest absolute Gasteiger partial charge is 0.456 e. The molecule has 0 fully saturated rings. The van der Waals surface area contributed by atoms with Crippen LogP contribution in [0.2, 0.25) is 0 Å². The lowest BCUT2D eigenvalue weighted by atomic mass is 9.93. The Morgan fingerprint density at radius 2 is 0.825 bits per heavy atom. The summed E-state index contributed by atoms with van der Waals surface area (Å²) in [6.45, 7) is 0. The number of hydrogen-bond donors (Lipinski definition) is 0. The van der Waals surface area contributed by atoms with Crippen LogP contribution in [0.4, 0.5) is 0 Å². The predicted molar refractivity (Wildman–Crippen MR) is 256 cm³/mol. The Hall–Kier alpha value is -8.61. The van der Waals surface area contributed by atoms with E-state index >= 15 is 0 Å². The first-order chi connectivity index (χ1) is 31.2. The van der Waals surface area contributed by atoms with Crippen LogP contribution in [-0.2, 0) is 0 Å². The third-order valence-corrected chi connectivity index (χ3v) is 12.3. The Labute approximate surface area is 361 Å². The summed E-state index contributed by atoms with van der Waals surface area (Å²) < 4.78 is 14.9. The van der Waals surface area contributed by atoms with E-state index in [4.69, 9.17) is 23.8 Å². The summed E-state index contributed by atoms with van der Waals surface area (Å²) in [6.07, 6.45) is 0. The molecule has 0 spiro atoms. The average Bonchev–Trinajstić information content (AvgIpc) is 4.03. The second kappa shape index (κ2) is 14.0. The maximum atomic E-state index is 6.35. The standard InChI is InChI=1S/C57H34N4O2/c1-3-14-35(15-4-1)41-31-47(39-19-13-18-37(30-39)38-26-28-45-43-21-8-11-24-50(43)62-52(45)33-38)54-48(32-41)42-20-7-10-23-49(42)61(54)57-59-55(36-16-5-2-6-17-36)58-56(60-57)40-27-29-46-44-22-9-12-25-51(44)63-53(46)34-40/h1-34H.